The largest absolute Gasteiger partial charge is 0.0651 e. The summed E-state index contributed by atoms with van der Waals surface area (Å²) in [6, 6.07) is 0. The van der Waals surface area contributed by atoms with Crippen LogP contribution in [0.4, 0.5) is 0 Å². The minimum atomic E-state index is 0.867. The van der Waals surface area contributed by atoms with E-state index in [2.05, 4.69) is 41.5 Å². The Morgan fingerprint density at radius 1 is 0.714 bits per heavy atom. The van der Waals surface area contributed by atoms with Crippen molar-refractivity contribution in [3.05, 3.63) is 0 Å². The van der Waals surface area contributed by atoms with Crippen LogP contribution in [-0.2, 0) is 0 Å². The molecule has 0 spiro atoms. The molecule has 0 heterocycles. The standard InChI is InChI=1S/C14H30/c1-7-12(5)14(8-2)13(6)10-9-11(3)4/h11-14H,7-10H2,1-6H3. The Balaban J connectivity index is 3.97. The molecule has 0 saturated heterocycles. The molecule has 0 saturated carbocycles. The van der Waals surface area contributed by atoms with Crippen molar-refractivity contribution in [2.45, 2.75) is 67.2 Å². The molecule has 0 aromatic rings. The van der Waals surface area contributed by atoms with Gasteiger partial charge in [-0.1, -0.05) is 67.2 Å². The Bertz CT molecular complexity index is 126. The van der Waals surface area contributed by atoms with E-state index in [0.717, 1.165) is 23.7 Å². The van der Waals surface area contributed by atoms with E-state index in [4.69, 9.17) is 0 Å². The summed E-state index contributed by atoms with van der Waals surface area (Å²) in [5, 5.41) is 0. The van der Waals surface area contributed by atoms with Crippen LogP contribution < -0.4 is 0 Å². The molecule has 0 bridgehead atoms. The summed E-state index contributed by atoms with van der Waals surface area (Å²) in [6.07, 6.45) is 5.51. The lowest BCUT2D eigenvalue weighted by Gasteiger charge is -2.28. The summed E-state index contributed by atoms with van der Waals surface area (Å²) < 4.78 is 0. The smallest absolute Gasteiger partial charge is 0.0365 e. The number of rotatable bonds is 7. The summed E-state index contributed by atoms with van der Waals surface area (Å²) in [4.78, 5) is 0. The Kier molecular flexibility index (Phi) is 7.31. The zero-order chi connectivity index (χ0) is 11.1. The van der Waals surface area contributed by atoms with E-state index in [0.29, 0.717) is 0 Å². The monoisotopic (exact) mass is 198 g/mol. The highest BCUT2D eigenvalue weighted by molar-refractivity contribution is 4.70. The second-order valence-electron chi connectivity index (χ2n) is 5.41. The van der Waals surface area contributed by atoms with Crippen LogP contribution in [0.25, 0.3) is 0 Å². The highest BCUT2D eigenvalue weighted by Crippen LogP contribution is 2.30. The quantitative estimate of drug-likeness (QED) is 0.532. The van der Waals surface area contributed by atoms with Gasteiger partial charge in [0.05, 0.1) is 0 Å². The summed E-state index contributed by atoms with van der Waals surface area (Å²) in [5.74, 6) is 3.63. The molecule has 14 heavy (non-hydrogen) atoms. The third kappa shape index (κ3) is 5.02. The first kappa shape index (κ1) is 14.0. The predicted octanol–water partition coefficient (Wildman–Crippen LogP) is 5.13. The van der Waals surface area contributed by atoms with Crippen molar-refractivity contribution in [3.63, 3.8) is 0 Å². The molecule has 3 atom stereocenters. The number of hydrogen-bond donors (Lipinski definition) is 0. The van der Waals surface area contributed by atoms with Crippen LogP contribution >= 0.6 is 0 Å². The van der Waals surface area contributed by atoms with E-state index >= 15 is 0 Å². The third-order valence-electron chi connectivity index (χ3n) is 3.78. The van der Waals surface area contributed by atoms with Gasteiger partial charge < -0.3 is 0 Å². The van der Waals surface area contributed by atoms with Crippen molar-refractivity contribution < 1.29 is 0 Å². The second-order valence-corrected chi connectivity index (χ2v) is 5.41. The van der Waals surface area contributed by atoms with Gasteiger partial charge in [0.1, 0.15) is 0 Å². The van der Waals surface area contributed by atoms with Crippen LogP contribution in [0.5, 0.6) is 0 Å². The van der Waals surface area contributed by atoms with Gasteiger partial charge in [0.25, 0.3) is 0 Å². The maximum atomic E-state index is 2.45. The molecule has 0 heteroatoms. The van der Waals surface area contributed by atoms with Gasteiger partial charge >= 0.3 is 0 Å². The lowest BCUT2D eigenvalue weighted by Crippen LogP contribution is -2.19. The normalized spacial score (nSPS) is 18.2. The average Bonchev–Trinajstić information content (AvgIpc) is 2.15. The van der Waals surface area contributed by atoms with Gasteiger partial charge in [0.2, 0.25) is 0 Å². The van der Waals surface area contributed by atoms with Crippen molar-refractivity contribution in [1.82, 2.24) is 0 Å². The Morgan fingerprint density at radius 2 is 1.29 bits per heavy atom. The van der Waals surface area contributed by atoms with Crippen molar-refractivity contribution in [2.75, 3.05) is 0 Å². The predicted molar refractivity (Wildman–Crippen MR) is 66.5 cm³/mol. The first-order chi connectivity index (χ1) is 6.52. The van der Waals surface area contributed by atoms with Gasteiger partial charge in [-0.15, -0.1) is 0 Å². The first-order valence-electron chi connectivity index (χ1n) is 6.52. The molecule has 0 N–H and O–H groups in total. The van der Waals surface area contributed by atoms with Gasteiger partial charge in [-0.2, -0.15) is 0 Å². The third-order valence-corrected chi connectivity index (χ3v) is 3.78. The van der Waals surface area contributed by atoms with Gasteiger partial charge in [0.15, 0.2) is 0 Å². The molecule has 0 radical (unpaired) electrons. The van der Waals surface area contributed by atoms with E-state index < -0.39 is 0 Å². The maximum absolute atomic E-state index is 2.45. The molecule has 3 unspecified atom stereocenters. The zero-order valence-corrected chi connectivity index (χ0v) is 11.1. The van der Waals surface area contributed by atoms with Crippen LogP contribution in [-0.4, -0.2) is 0 Å². The molecular formula is C14H30. The minimum absolute atomic E-state index is 0.867. The van der Waals surface area contributed by atoms with E-state index in [9.17, 15) is 0 Å². The highest BCUT2D eigenvalue weighted by atomic mass is 14.3. The lowest BCUT2D eigenvalue weighted by molar-refractivity contribution is 0.221. The molecule has 0 aromatic heterocycles. The fourth-order valence-electron chi connectivity index (χ4n) is 2.48. The van der Waals surface area contributed by atoms with Crippen LogP contribution in [0.15, 0.2) is 0 Å². The maximum Gasteiger partial charge on any atom is -0.0365 e. The Morgan fingerprint density at radius 3 is 1.64 bits per heavy atom. The number of hydrogen-bond acceptors (Lipinski definition) is 0. The summed E-state index contributed by atoms with van der Waals surface area (Å²) in [7, 11) is 0. The Hall–Kier alpha value is 0. The molecule has 0 amide bonds. The molecule has 0 nitrogen and oxygen atoms in total. The van der Waals surface area contributed by atoms with Crippen LogP contribution in [0, 0.1) is 23.7 Å². The Labute approximate surface area is 91.5 Å². The van der Waals surface area contributed by atoms with Gasteiger partial charge in [0, 0.05) is 0 Å². The molecule has 86 valence electrons. The van der Waals surface area contributed by atoms with E-state index in [1.807, 2.05) is 0 Å². The van der Waals surface area contributed by atoms with Crippen LogP contribution in [0.3, 0.4) is 0 Å². The zero-order valence-electron chi connectivity index (χ0n) is 11.1. The van der Waals surface area contributed by atoms with E-state index in [-0.39, 0.29) is 0 Å². The van der Waals surface area contributed by atoms with E-state index in [1.54, 1.807) is 0 Å². The fourth-order valence-corrected chi connectivity index (χ4v) is 2.48. The topological polar surface area (TPSA) is 0 Å². The van der Waals surface area contributed by atoms with Gasteiger partial charge in [-0.25, -0.2) is 0 Å². The average molecular weight is 198 g/mol. The molecule has 0 aliphatic heterocycles. The van der Waals surface area contributed by atoms with Gasteiger partial charge in [-0.05, 0) is 23.7 Å². The molecular weight excluding hydrogens is 168 g/mol. The molecule has 0 aromatic carbocycles. The first-order valence-corrected chi connectivity index (χ1v) is 6.52. The van der Waals surface area contributed by atoms with Crippen molar-refractivity contribution in [1.29, 1.82) is 0 Å². The SMILES string of the molecule is CCC(C)C(CC)C(C)CCC(C)C. The van der Waals surface area contributed by atoms with E-state index in [1.165, 1.54) is 25.7 Å². The van der Waals surface area contributed by atoms with Crippen LogP contribution in [0.1, 0.15) is 67.2 Å². The van der Waals surface area contributed by atoms with Crippen molar-refractivity contribution in [2.24, 2.45) is 23.7 Å². The second kappa shape index (κ2) is 7.31. The van der Waals surface area contributed by atoms with Gasteiger partial charge in [-0.3, -0.25) is 0 Å². The highest BCUT2D eigenvalue weighted by Gasteiger charge is 2.20. The molecule has 0 aliphatic rings. The molecule has 0 fully saturated rings. The summed E-state index contributed by atoms with van der Waals surface area (Å²) >= 11 is 0. The fraction of sp³-hybridized carbons (Fsp3) is 1.00. The molecule has 0 rings (SSSR count). The van der Waals surface area contributed by atoms with Crippen molar-refractivity contribution >= 4 is 0 Å². The lowest BCUT2D eigenvalue weighted by atomic mass is 9.77. The van der Waals surface area contributed by atoms with Crippen molar-refractivity contribution in [3.8, 4) is 0 Å². The summed E-state index contributed by atoms with van der Waals surface area (Å²) in [6.45, 7) is 14.2. The minimum Gasteiger partial charge on any atom is -0.0651 e. The molecule has 0 aliphatic carbocycles. The summed E-state index contributed by atoms with van der Waals surface area (Å²) in [5.41, 5.74) is 0. The van der Waals surface area contributed by atoms with Crippen LogP contribution in [0.2, 0.25) is 0 Å².